The zero-order chi connectivity index (χ0) is 22.7. The van der Waals surface area contributed by atoms with Crippen molar-refractivity contribution in [1.29, 1.82) is 0 Å². The quantitative estimate of drug-likeness (QED) is 0.520. The SMILES string of the molecule is CCOc1ccc2nc(N(Cc3ccccc3)C(=O)C3CCCN(S(C)(=O)=O)C3)sc2c1. The summed E-state index contributed by atoms with van der Waals surface area (Å²) in [5.74, 6) is 0.284. The third kappa shape index (κ3) is 5.11. The molecule has 7 nitrogen and oxygen atoms in total. The normalized spacial score (nSPS) is 17.4. The highest BCUT2D eigenvalue weighted by Gasteiger charge is 2.34. The number of anilines is 1. The van der Waals surface area contributed by atoms with Gasteiger partial charge in [-0.3, -0.25) is 9.69 Å². The largest absolute Gasteiger partial charge is 0.494 e. The van der Waals surface area contributed by atoms with E-state index in [4.69, 9.17) is 9.72 Å². The summed E-state index contributed by atoms with van der Waals surface area (Å²) in [5, 5.41) is 0.610. The van der Waals surface area contributed by atoms with Crippen molar-refractivity contribution in [3.8, 4) is 5.75 Å². The van der Waals surface area contributed by atoms with Crippen LogP contribution >= 0.6 is 11.3 Å². The first-order valence-corrected chi connectivity index (χ1v) is 13.4. The van der Waals surface area contributed by atoms with Crippen LogP contribution in [0.15, 0.2) is 48.5 Å². The van der Waals surface area contributed by atoms with Crippen molar-refractivity contribution in [2.24, 2.45) is 5.92 Å². The average molecular weight is 474 g/mol. The number of sulfonamides is 1. The number of nitrogens with zero attached hydrogens (tertiary/aromatic N) is 3. The lowest BCUT2D eigenvalue weighted by atomic mass is 9.98. The smallest absolute Gasteiger partial charge is 0.233 e. The van der Waals surface area contributed by atoms with E-state index >= 15 is 0 Å². The van der Waals surface area contributed by atoms with E-state index in [0.717, 1.165) is 21.5 Å². The Morgan fingerprint density at radius 2 is 2.03 bits per heavy atom. The maximum Gasteiger partial charge on any atom is 0.233 e. The van der Waals surface area contributed by atoms with Crippen LogP contribution in [-0.2, 0) is 21.4 Å². The molecule has 1 saturated heterocycles. The minimum absolute atomic E-state index is 0.0914. The van der Waals surface area contributed by atoms with Gasteiger partial charge in [0, 0.05) is 13.1 Å². The van der Waals surface area contributed by atoms with Gasteiger partial charge in [0.25, 0.3) is 0 Å². The molecule has 0 spiro atoms. The predicted octanol–water partition coefficient (Wildman–Crippen LogP) is 3.90. The molecule has 1 atom stereocenters. The number of carbonyl (C=O) groups excluding carboxylic acids is 1. The Balaban J connectivity index is 1.67. The van der Waals surface area contributed by atoms with Gasteiger partial charge in [0.05, 0.1) is 35.5 Å². The van der Waals surface area contributed by atoms with Crippen LogP contribution in [0.5, 0.6) is 5.75 Å². The Kier molecular flexibility index (Phi) is 6.78. The van der Waals surface area contributed by atoms with Gasteiger partial charge in [0.1, 0.15) is 5.75 Å². The Morgan fingerprint density at radius 3 is 2.75 bits per heavy atom. The molecule has 3 aromatic rings. The van der Waals surface area contributed by atoms with Crippen LogP contribution in [0.4, 0.5) is 5.13 Å². The zero-order valence-corrected chi connectivity index (χ0v) is 19.9. The fourth-order valence-corrected chi connectivity index (χ4v) is 5.85. The highest BCUT2D eigenvalue weighted by Crippen LogP contribution is 2.34. The molecule has 1 amide bonds. The van der Waals surface area contributed by atoms with Crippen LogP contribution in [0.1, 0.15) is 25.3 Å². The third-order valence-electron chi connectivity index (χ3n) is 5.54. The summed E-state index contributed by atoms with van der Waals surface area (Å²) >= 11 is 1.45. The standard InChI is InChI=1S/C23H27N3O4S2/c1-3-30-19-11-12-20-21(14-19)31-23(24-20)26(15-17-8-5-4-6-9-17)22(27)18-10-7-13-25(16-18)32(2,28)29/h4-6,8-9,11-12,14,18H,3,7,10,13,15-16H2,1-2H3. The summed E-state index contributed by atoms with van der Waals surface area (Å²) < 4.78 is 32.1. The zero-order valence-electron chi connectivity index (χ0n) is 18.2. The molecule has 1 aliphatic rings. The number of hydrogen-bond donors (Lipinski definition) is 0. The number of rotatable bonds is 7. The molecule has 9 heteroatoms. The van der Waals surface area contributed by atoms with Crippen LogP contribution < -0.4 is 9.64 Å². The van der Waals surface area contributed by atoms with Crippen LogP contribution in [0.2, 0.25) is 0 Å². The van der Waals surface area contributed by atoms with Crippen molar-refractivity contribution in [1.82, 2.24) is 9.29 Å². The number of amides is 1. The maximum absolute atomic E-state index is 13.7. The van der Waals surface area contributed by atoms with Gasteiger partial charge >= 0.3 is 0 Å². The Morgan fingerprint density at radius 1 is 1.25 bits per heavy atom. The molecule has 2 aromatic carbocycles. The van der Waals surface area contributed by atoms with E-state index in [1.165, 1.54) is 21.9 Å². The summed E-state index contributed by atoms with van der Waals surface area (Å²) in [5.41, 5.74) is 1.80. The monoisotopic (exact) mass is 473 g/mol. The van der Waals surface area contributed by atoms with Gasteiger partial charge in [-0.15, -0.1) is 0 Å². The van der Waals surface area contributed by atoms with Gasteiger partial charge in [0.2, 0.25) is 15.9 Å². The van der Waals surface area contributed by atoms with Crippen LogP contribution in [-0.4, -0.2) is 49.6 Å². The summed E-state index contributed by atoms with van der Waals surface area (Å²) in [6, 6.07) is 15.5. The summed E-state index contributed by atoms with van der Waals surface area (Å²) in [6.07, 6.45) is 2.53. The first-order valence-electron chi connectivity index (χ1n) is 10.7. The molecular weight excluding hydrogens is 446 g/mol. The Labute approximate surface area is 192 Å². The average Bonchev–Trinajstić information content (AvgIpc) is 3.20. The number of carbonyl (C=O) groups is 1. The molecule has 0 saturated carbocycles. The molecule has 4 rings (SSSR count). The first-order chi connectivity index (χ1) is 15.3. The lowest BCUT2D eigenvalue weighted by molar-refractivity contribution is -0.123. The molecule has 0 radical (unpaired) electrons. The molecule has 2 heterocycles. The lowest BCUT2D eigenvalue weighted by Crippen LogP contribution is -2.46. The molecule has 170 valence electrons. The molecule has 1 aliphatic heterocycles. The Hall–Kier alpha value is -2.49. The number of hydrogen-bond acceptors (Lipinski definition) is 6. The van der Waals surface area contributed by atoms with E-state index in [9.17, 15) is 13.2 Å². The molecule has 1 unspecified atom stereocenters. The Bertz CT molecular complexity index is 1190. The van der Waals surface area contributed by atoms with E-state index in [0.29, 0.717) is 37.7 Å². The topological polar surface area (TPSA) is 79.8 Å². The van der Waals surface area contributed by atoms with Crippen molar-refractivity contribution in [2.75, 3.05) is 30.9 Å². The molecule has 32 heavy (non-hydrogen) atoms. The summed E-state index contributed by atoms with van der Waals surface area (Å²) in [6.45, 7) is 3.57. The highest BCUT2D eigenvalue weighted by molar-refractivity contribution is 7.88. The maximum atomic E-state index is 13.7. The molecule has 1 aromatic heterocycles. The van der Waals surface area contributed by atoms with Crippen molar-refractivity contribution < 1.29 is 17.9 Å². The minimum atomic E-state index is -3.34. The van der Waals surface area contributed by atoms with E-state index in [1.807, 2.05) is 55.5 Å². The van der Waals surface area contributed by atoms with Gasteiger partial charge in [-0.25, -0.2) is 17.7 Å². The second kappa shape index (κ2) is 9.56. The van der Waals surface area contributed by atoms with Gasteiger partial charge in [-0.1, -0.05) is 41.7 Å². The van der Waals surface area contributed by atoms with Gasteiger partial charge in [-0.05, 0) is 43.5 Å². The van der Waals surface area contributed by atoms with Gasteiger partial charge in [0.15, 0.2) is 5.13 Å². The molecule has 0 aliphatic carbocycles. The fourth-order valence-electron chi connectivity index (χ4n) is 3.94. The number of ether oxygens (including phenoxy) is 1. The van der Waals surface area contributed by atoms with E-state index < -0.39 is 15.9 Å². The number of aromatic nitrogens is 1. The van der Waals surface area contributed by atoms with Gasteiger partial charge in [-0.2, -0.15) is 0 Å². The first kappa shape index (κ1) is 22.7. The summed E-state index contributed by atoms with van der Waals surface area (Å²) in [4.78, 5) is 20.1. The fraction of sp³-hybridized carbons (Fsp3) is 0.391. The van der Waals surface area contributed by atoms with Crippen molar-refractivity contribution in [2.45, 2.75) is 26.3 Å². The lowest BCUT2D eigenvalue weighted by Gasteiger charge is -2.33. The molecule has 0 N–H and O–H groups in total. The van der Waals surface area contributed by atoms with Crippen LogP contribution in [0.3, 0.4) is 0 Å². The van der Waals surface area contributed by atoms with Crippen LogP contribution in [0.25, 0.3) is 10.2 Å². The number of piperidine rings is 1. The second-order valence-corrected chi connectivity index (χ2v) is 10.9. The summed E-state index contributed by atoms with van der Waals surface area (Å²) in [7, 11) is -3.34. The second-order valence-electron chi connectivity index (χ2n) is 7.93. The van der Waals surface area contributed by atoms with Crippen molar-refractivity contribution >= 4 is 42.6 Å². The third-order valence-corrected chi connectivity index (χ3v) is 7.85. The van der Waals surface area contributed by atoms with Crippen molar-refractivity contribution in [3.63, 3.8) is 0 Å². The molecule has 1 fully saturated rings. The van der Waals surface area contributed by atoms with Gasteiger partial charge < -0.3 is 4.74 Å². The van der Waals surface area contributed by atoms with E-state index in [-0.39, 0.29) is 12.5 Å². The predicted molar refractivity (Wildman–Crippen MR) is 128 cm³/mol. The number of thiazole rings is 1. The highest BCUT2D eigenvalue weighted by atomic mass is 32.2. The van der Waals surface area contributed by atoms with Crippen molar-refractivity contribution in [3.05, 3.63) is 54.1 Å². The van der Waals surface area contributed by atoms with Crippen LogP contribution in [0, 0.1) is 5.92 Å². The van der Waals surface area contributed by atoms with E-state index in [1.54, 1.807) is 4.90 Å². The minimum Gasteiger partial charge on any atom is -0.494 e. The molecular formula is C23H27N3O4S2. The number of benzene rings is 2. The number of fused-ring (bicyclic) bond motifs is 1. The molecule has 0 bridgehead atoms. The van der Waals surface area contributed by atoms with E-state index in [2.05, 4.69) is 0 Å².